The number of rotatable bonds is 5. The van der Waals surface area contributed by atoms with Crippen LogP contribution < -0.4 is 4.74 Å². The second-order valence-corrected chi connectivity index (χ2v) is 10.3. The quantitative estimate of drug-likeness (QED) is 0.610. The first-order chi connectivity index (χ1) is 14.2. The summed E-state index contributed by atoms with van der Waals surface area (Å²) < 4.78 is 16.6. The number of piperazine rings is 1. The highest BCUT2D eigenvalue weighted by Gasteiger charge is 2.31. The maximum atomic E-state index is 12.4. The molecule has 0 N–H and O–H groups in total. The van der Waals surface area contributed by atoms with Crippen LogP contribution in [0.25, 0.3) is 0 Å². The van der Waals surface area contributed by atoms with Gasteiger partial charge in [0.2, 0.25) is 0 Å². The molecule has 1 heterocycles. The van der Waals surface area contributed by atoms with Gasteiger partial charge in [-0.05, 0) is 66.7 Å². The number of hydrogen-bond donors (Lipinski definition) is 0. The Labute approximate surface area is 190 Å². The van der Waals surface area contributed by atoms with Gasteiger partial charge in [0, 0.05) is 42.8 Å². The van der Waals surface area contributed by atoms with Crippen LogP contribution >= 0.6 is 11.6 Å². The van der Waals surface area contributed by atoms with E-state index in [2.05, 4.69) is 4.90 Å². The molecule has 1 atom stereocenters. The molecule has 174 valence electrons. The summed E-state index contributed by atoms with van der Waals surface area (Å²) in [6.07, 6.45) is -0.288. The van der Waals surface area contributed by atoms with Gasteiger partial charge in [-0.2, -0.15) is 0 Å². The van der Waals surface area contributed by atoms with Crippen molar-refractivity contribution in [1.82, 2.24) is 9.80 Å². The Morgan fingerprint density at radius 2 is 1.71 bits per heavy atom. The number of ether oxygens (including phenoxy) is 3. The van der Waals surface area contributed by atoms with E-state index < -0.39 is 17.2 Å². The van der Waals surface area contributed by atoms with E-state index in [4.69, 9.17) is 25.8 Å². The number of halogens is 1. The number of carbonyl (C=O) groups excluding carboxylic acids is 2. The fourth-order valence-electron chi connectivity index (χ4n) is 3.33. The monoisotopic (exact) mass is 454 g/mol. The molecule has 0 radical (unpaired) electrons. The molecule has 1 aromatic carbocycles. The normalized spacial score (nSPS) is 17.9. The van der Waals surface area contributed by atoms with Gasteiger partial charge in [-0.1, -0.05) is 11.6 Å². The lowest BCUT2D eigenvalue weighted by atomic mass is 10.1. The van der Waals surface area contributed by atoms with E-state index in [1.165, 1.54) is 0 Å². The van der Waals surface area contributed by atoms with Gasteiger partial charge in [0.25, 0.3) is 0 Å². The standard InChI is InChI=1S/C23H35ClN2O5/c1-16-13-25(10-11-26(16)21(28)31-23(5,6)7)14-17-12-18(24)8-9-19(17)29-15-20(27)30-22(2,3)4/h8-9,12,16H,10-11,13-15H2,1-7H3. The lowest BCUT2D eigenvalue weighted by Crippen LogP contribution is -2.54. The lowest BCUT2D eigenvalue weighted by molar-refractivity contribution is -0.157. The molecule has 1 aliphatic rings. The summed E-state index contributed by atoms with van der Waals surface area (Å²) in [5.41, 5.74) is -0.198. The summed E-state index contributed by atoms with van der Waals surface area (Å²) >= 11 is 6.20. The van der Waals surface area contributed by atoms with Crippen LogP contribution in [-0.2, 0) is 20.8 Å². The van der Waals surface area contributed by atoms with Crippen LogP contribution in [0.1, 0.15) is 54.0 Å². The van der Waals surface area contributed by atoms with Crippen molar-refractivity contribution in [3.8, 4) is 5.75 Å². The molecule has 0 aromatic heterocycles. The first kappa shape index (κ1) is 25.3. The van der Waals surface area contributed by atoms with Crippen molar-refractivity contribution in [2.75, 3.05) is 26.2 Å². The smallest absolute Gasteiger partial charge is 0.410 e. The molecule has 0 saturated carbocycles. The van der Waals surface area contributed by atoms with Crippen LogP contribution in [0, 0.1) is 0 Å². The largest absolute Gasteiger partial charge is 0.482 e. The summed E-state index contributed by atoms with van der Waals surface area (Å²) in [6, 6.07) is 5.35. The molecular formula is C23H35ClN2O5. The average Bonchev–Trinajstić information content (AvgIpc) is 2.58. The minimum atomic E-state index is -0.562. The summed E-state index contributed by atoms with van der Waals surface area (Å²) in [7, 11) is 0. The van der Waals surface area contributed by atoms with Crippen molar-refractivity contribution >= 4 is 23.7 Å². The summed E-state index contributed by atoms with van der Waals surface area (Å²) in [6.45, 7) is 15.4. The van der Waals surface area contributed by atoms with Crippen molar-refractivity contribution in [3.05, 3.63) is 28.8 Å². The third-order valence-corrected chi connectivity index (χ3v) is 4.76. The van der Waals surface area contributed by atoms with Gasteiger partial charge in [-0.3, -0.25) is 4.90 Å². The molecule has 8 heteroatoms. The Kier molecular flexibility index (Phi) is 8.22. The van der Waals surface area contributed by atoms with Crippen molar-refractivity contribution in [3.63, 3.8) is 0 Å². The van der Waals surface area contributed by atoms with Crippen molar-refractivity contribution in [2.45, 2.75) is 72.3 Å². The van der Waals surface area contributed by atoms with E-state index in [0.29, 0.717) is 37.0 Å². The first-order valence-electron chi connectivity index (χ1n) is 10.6. The van der Waals surface area contributed by atoms with Gasteiger partial charge in [0.15, 0.2) is 6.61 Å². The number of carbonyl (C=O) groups is 2. The Balaban J connectivity index is 1.99. The SMILES string of the molecule is CC1CN(Cc2cc(Cl)ccc2OCC(=O)OC(C)(C)C)CCN1C(=O)OC(C)(C)C. The van der Waals surface area contributed by atoms with E-state index in [-0.39, 0.29) is 18.7 Å². The number of esters is 1. The Morgan fingerprint density at radius 1 is 1.06 bits per heavy atom. The molecule has 1 aromatic rings. The van der Waals surface area contributed by atoms with Gasteiger partial charge in [0.1, 0.15) is 17.0 Å². The summed E-state index contributed by atoms with van der Waals surface area (Å²) in [5.74, 6) is 0.172. The van der Waals surface area contributed by atoms with E-state index in [0.717, 1.165) is 5.56 Å². The second-order valence-electron chi connectivity index (χ2n) is 9.89. The maximum absolute atomic E-state index is 12.4. The highest BCUT2D eigenvalue weighted by molar-refractivity contribution is 6.30. The van der Waals surface area contributed by atoms with Crippen LogP contribution in [0.15, 0.2) is 18.2 Å². The molecule has 1 fully saturated rings. The molecule has 1 amide bonds. The minimum Gasteiger partial charge on any atom is -0.482 e. The molecule has 0 bridgehead atoms. The number of amides is 1. The fourth-order valence-corrected chi connectivity index (χ4v) is 3.52. The van der Waals surface area contributed by atoms with E-state index >= 15 is 0 Å². The topological polar surface area (TPSA) is 68.3 Å². The van der Waals surface area contributed by atoms with Crippen LogP contribution in [0.3, 0.4) is 0 Å². The first-order valence-corrected chi connectivity index (χ1v) is 11.0. The molecule has 1 aliphatic heterocycles. The highest BCUT2D eigenvalue weighted by atomic mass is 35.5. The lowest BCUT2D eigenvalue weighted by Gasteiger charge is -2.40. The fraction of sp³-hybridized carbons (Fsp3) is 0.652. The zero-order valence-electron chi connectivity index (χ0n) is 19.7. The zero-order valence-corrected chi connectivity index (χ0v) is 20.4. The molecule has 7 nitrogen and oxygen atoms in total. The molecule has 0 aliphatic carbocycles. The molecule has 2 rings (SSSR count). The summed E-state index contributed by atoms with van der Waals surface area (Å²) in [4.78, 5) is 28.4. The van der Waals surface area contributed by atoms with Gasteiger partial charge in [0.05, 0.1) is 0 Å². The Morgan fingerprint density at radius 3 is 2.29 bits per heavy atom. The predicted octanol–water partition coefficient (Wildman–Crippen LogP) is 4.50. The average molecular weight is 455 g/mol. The van der Waals surface area contributed by atoms with Crippen molar-refractivity contribution in [2.24, 2.45) is 0 Å². The zero-order chi connectivity index (χ0) is 23.4. The van der Waals surface area contributed by atoms with E-state index in [9.17, 15) is 9.59 Å². The van der Waals surface area contributed by atoms with Crippen LogP contribution in [0.5, 0.6) is 5.75 Å². The van der Waals surface area contributed by atoms with Gasteiger partial charge < -0.3 is 19.1 Å². The summed E-state index contributed by atoms with van der Waals surface area (Å²) in [5, 5.41) is 0.597. The Hall–Kier alpha value is -1.99. The van der Waals surface area contributed by atoms with E-state index in [1.54, 1.807) is 17.0 Å². The highest BCUT2D eigenvalue weighted by Crippen LogP contribution is 2.26. The third-order valence-electron chi connectivity index (χ3n) is 4.52. The molecule has 1 unspecified atom stereocenters. The third kappa shape index (κ3) is 8.57. The van der Waals surface area contributed by atoms with Crippen LogP contribution in [0.4, 0.5) is 4.79 Å². The minimum absolute atomic E-state index is 0.00826. The van der Waals surface area contributed by atoms with Crippen molar-refractivity contribution in [1.29, 1.82) is 0 Å². The predicted molar refractivity (Wildman–Crippen MR) is 120 cm³/mol. The Bertz CT molecular complexity index is 785. The van der Waals surface area contributed by atoms with Gasteiger partial charge in [-0.15, -0.1) is 0 Å². The van der Waals surface area contributed by atoms with E-state index in [1.807, 2.05) is 54.5 Å². The number of benzene rings is 1. The molecule has 1 saturated heterocycles. The van der Waals surface area contributed by atoms with Crippen LogP contribution in [-0.4, -0.2) is 65.3 Å². The maximum Gasteiger partial charge on any atom is 0.410 e. The number of nitrogens with zero attached hydrogens (tertiary/aromatic N) is 2. The van der Waals surface area contributed by atoms with Crippen molar-refractivity contribution < 1.29 is 23.8 Å². The molecular weight excluding hydrogens is 420 g/mol. The number of hydrogen-bond acceptors (Lipinski definition) is 6. The molecule has 31 heavy (non-hydrogen) atoms. The van der Waals surface area contributed by atoms with Gasteiger partial charge >= 0.3 is 12.1 Å². The molecule has 0 spiro atoms. The van der Waals surface area contributed by atoms with Gasteiger partial charge in [-0.25, -0.2) is 9.59 Å². The second kappa shape index (κ2) is 10.1. The van der Waals surface area contributed by atoms with Crippen LogP contribution in [0.2, 0.25) is 5.02 Å².